The average Bonchev–Trinajstić information content (AvgIpc) is 3.40. The first-order valence-electron chi connectivity index (χ1n) is 9.50. The molecule has 0 spiro atoms. The Morgan fingerprint density at radius 2 is 2.00 bits per heavy atom. The summed E-state index contributed by atoms with van der Waals surface area (Å²) in [6, 6.07) is 3.17. The minimum Gasteiger partial charge on any atom is -0.479 e. The number of nitrogens with zero attached hydrogens (tertiary/aromatic N) is 6. The van der Waals surface area contributed by atoms with Crippen LogP contribution in [-0.2, 0) is 4.74 Å². The summed E-state index contributed by atoms with van der Waals surface area (Å²) in [7, 11) is 1.44. The highest BCUT2D eigenvalue weighted by Crippen LogP contribution is 2.33. The molecule has 0 radical (unpaired) electrons. The van der Waals surface area contributed by atoms with Crippen LogP contribution < -0.4 is 4.74 Å². The quantitative estimate of drug-likeness (QED) is 0.341. The maximum Gasteiger partial charge on any atom is 0.341 e. The number of benzene rings is 1. The molecule has 0 bridgehead atoms. The van der Waals surface area contributed by atoms with E-state index < -0.39 is 23.6 Å². The largest absolute Gasteiger partial charge is 0.479 e. The van der Waals surface area contributed by atoms with Gasteiger partial charge in [-0.1, -0.05) is 6.07 Å². The van der Waals surface area contributed by atoms with E-state index in [1.165, 1.54) is 30.3 Å². The maximum absolute atomic E-state index is 13.8. The highest BCUT2D eigenvalue weighted by molar-refractivity contribution is 9.10. The lowest BCUT2D eigenvalue weighted by molar-refractivity contribution is 0.0526. The third kappa shape index (κ3) is 4.55. The van der Waals surface area contributed by atoms with Gasteiger partial charge in [-0.3, -0.25) is 0 Å². The molecule has 0 unspecified atom stereocenters. The Labute approximate surface area is 202 Å². The Morgan fingerprint density at radius 3 is 2.67 bits per heavy atom. The molecule has 4 aromatic rings. The van der Waals surface area contributed by atoms with Crippen LogP contribution in [0, 0.1) is 11.6 Å². The van der Waals surface area contributed by atoms with E-state index in [0.717, 1.165) is 12.1 Å². The number of ether oxygens (including phenoxy) is 2. The number of halogens is 3. The van der Waals surface area contributed by atoms with Gasteiger partial charge in [0.2, 0.25) is 5.88 Å². The second-order valence-corrected chi connectivity index (χ2v) is 7.46. The molecular formula is C20H19BrF2N6O3S. The Kier molecular flexibility index (Phi) is 7.32. The standard InChI is InChI=1S/C20H17BrF2N6O3.H2S/c1-4-32-19(30)12-8-24-28(9-12)20-25-15-16(18(26-20)31-3)29(27-17(15)21)10(2)11-5-6-13(22)14(23)7-11;/h5-10H,4H2,1-3H3;1H2/t10-;/m0./s1. The van der Waals surface area contributed by atoms with Crippen molar-refractivity contribution in [2.75, 3.05) is 13.7 Å². The minimum atomic E-state index is -0.952. The van der Waals surface area contributed by atoms with Crippen molar-refractivity contribution in [2.45, 2.75) is 19.9 Å². The lowest BCUT2D eigenvalue weighted by atomic mass is 10.1. The van der Waals surface area contributed by atoms with E-state index in [1.807, 2.05) is 0 Å². The maximum atomic E-state index is 13.8. The van der Waals surface area contributed by atoms with Crippen molar-refractivity contribution >= 4 is 46.4 Å². The predicted octanol–water partition coefficient (Wildman–Crippen LogP) is 3.96. The second kappa shape index (κ2) is 9.83. The summed E-state index contributed by atoms with van der Waals surface area (Å²) < 4.78 is 40.8. The second-order valence-electron chi connectivity index (χ2n) is 6.71. The van der Waals surface area contributed by atoms with Gasteiger partial charge < -0.3 is 9.47 Å². The highest BCUT2D eigenvalue weighted by atomic mass is 79.9. The van der Waals surface area contributed by atoms with E-state index in [9.17, 15) is 13.6 Å². The molecule has 0 N–H and O–H groups in total. The van der Waals surface area contributed by atoms with Gasteiger partial charge in [0.15, 0.2) is 21.8 Å². The molecular weight excluding hydrogens is 522 g/mol. The fourth-order valence-electron chi connectivity index (χ4n) is 3.16. The number of aromatic nitrogens is 6. The summed E-state index contributed by atoms with van der Waals surface area (Å²) in [5, 5.41) is 8.57. The Balaban J connectivity index is 0.00000306. The van der Waals surface area contributed by atoms with Crippen LogP contribution in [0.4, 0.5) is 8.78 Å². The molecule has 0 fully saturated rings. The Morgan fingerprint density at radius 1 is 1.24 bits per heavy atom. The van der Waals surface area contributed by atoms with E-state index in [4.69, 9.17) is 9.47 Å². The van der Waals surface area contributed by atoms with Crippen LogP contribution in [0.15, 0.2) is 35.2 Å². The van der Waals surface area contributed by atoms with Crippen molar-refractivity contribution in [3.05, 3.63) is 58.0 Å². The van der Waals surface area contributed by atoms with Crippen molar-refractivity contribution < 1.29 is 23.0 Å². The van der Waals surface area contributed by atoms with Crippen LogP contribution in [0.25, 0.3) is 17.0 Å². The van der Waals surface area contributed by atoms with Crippen LogP contribution in [0.3, 0.4) is 0 Å². The molecule has 13 heteroatoms. The first kappa shape index (κ1) is 24.6. The Hall–Kier alpha value is -3.06. The molecule has 0 aliphatic carbocycles. The van der Waals surface area contributed by atoms with Gasteiger partial charge >= 0.3 is 5.97 Å². The van der Waals surface area contributed by atoms with Gasteiger partial charge in [0.05, 0.1) is 31.5 Å². The first-order valence-corrected chi connectivity index (χ1v) is 10.3. The van der Waals surface area contributed by atoms with Crippen LogP contribution >= 0.6 is 29.4 Å². The summed E-state index contributed by atoms with van der Waals surface area (Å²) in [4.78, 5) is 20.8. The molecule has 174 valence electrons. The molecule has 3 aromatic heterocycles. The monoisotopic (exact) mass is 540 g/mol. The van der Waals surface area contributed by atoms with E-state index >= 15 is 0 Å². The lowest BCUT2D eigenvalue weighted by Crippen LogP contribution is -2.11. The minimum absolute atomic E-state index is 0. The van der Waals surface area contributed by atoms with Crippen LogP contribution in [0.1, 0.15) is 35.8 Å². The van der Waals surface area contributed by atoms with Gasteiger partial charge in [-0.25, -0.2) is 27.9 Å². The van der Waals surface area contributed by atoms with Gasteiger partial charge in [0.25, 0.3) is 5.95 Å². The highest BCUT2D eigenvalue weighted by Gasteiger charge is 2.23. The normalized spacial score (nSPS) is 11.8. The molecule has 9 nitrogen and oxygen atoms in total. The van der Waals surface area contributed by atoms with Gasteiger partial charge in [0.1, 0.15) is 5.52 Å². The summed E-state index contributed by atoms with van der Waals surface area (Å²) in [5.41, 5.74) is 1.60. The van der Waals surface area contributed by atoms with E-state index in [1.54, 1.807) is 18.5 Å². The number of methoxy groups -OCH3 is 1. The van der Waals surface area contributed by atoms with E-state index in [0.29, 0.717) is 21.2 Å². The third-order valence-electron chi connectivity index (χ3n) is 4.75. The molecule has 0 aliphatic rings. The SMILES string of the molecule is CCOC(=O)c1cnn(-c2nc(OC)c3c(n2)c(Br)nn3[C@@H](C)c2ccc(F)c(F)c2)c1.S. The van der Waals surface area contributed by atoms with Gasteiger partial charge in [0, 0.05) is 6.20 Å². The smallest absolute Gasteiger partial charge is 0.341 e. The number of carbonyl (C=O) groups is 1. The predicted molar refractivity (Wildman–Crippen MR) is 123 cm³/mol. The van der Waals surface area contributed by atoms with Crippen molar-refractivity contribution in [1.82, 2.24) is 29.5 Å². The molecule has 0 saturated carbocycles. The van der Waals surface area contributed by atoms with Crippen LogP contribution in [0.5, 0.6) is 5.88 Å². The molecule has 0 amide bonds. The molecule has 4 rings (SSSR count). The summed E-state index contributed by atoms with van der Waals surface area (Å²) >= 11 is 3.39. The Bertz CT molecular complexity index is 1330. The first-order chi connectivity index (χ1) is 15.3. The van der Waals surface area contributed by atoms with Gasteiger partial charge in [-0.2, -0.15) is 28.7 Å². The van der Waals surface area contributed by atoms with Crippen LogP contribution in [0.2, 0.25) is 0 Å². The summed E-state index contributed by atoms with van der Waals surface area (Å²) in [5.74, 6) is -2.07. The zero-order valence-corrected chi connectivity index (χ0v) is 20.3. The van der Waals surface area contributed by atoms with Crippen LogP contribution in [-0.4, -0.2) is 49.2 Å². The molecule has 1 aromatic carbocycles. The summed E-state index contributed by atoms with van der Waals surface area (Å²) in [6.45, 7) is 3.72. The topological polar surface area (TPSA) is 96.9 Å². The number of rotatable bonds is 6. The van der Waals surface area contributed by atoms with E-state index in [-0.39, 0.29) is 37.5 Å². The van der Waals surface area contributed by atoms with Gasteiger partial charge in [-0.15, -0.1) is 0 Å². The molecule has 33 heavy (non-hydrogen) atoms. The number of hydrogen-bond donors (Lipinski definition) is 0. The number of hydrogen-bond acceptors (Lipinski definition) is 7. The van der Waals surface area contributed by atoms with Gasteiger partial charge in [-0.05, 0) is 47.5 Å². The zero-order valence-electron chi connectivity index (χ0n) is 17.7. The third-order valence-corrected chi connectivity index (χ3v) is 5.28. The van der Waals surface area contributed by atoms with Crippen molar-refractivity contribution in [1.29, 1.82) is 0 Å². The fourth-order valence-corrected chi connectivity index (χ4v) is 3.60. The van der Waals surface area contributed by atoms with Crippen molar-refractivity contribution in [3.8, 4) is 11.8 Å². The van der Waals surface area contributed by atoms with Crippen molar-refractivity contribution in [3.63, 3.8) is 0 Å². The molecule has 0 aliphatic heterocycles. The van der Waals surface area contributed by atoms with E-state index in [2.05, 4.69) is 36.1 Å². The molecule has 0 saturated heterocycles. The number of carbonyl (C=O) groups excluding carboxylic acids is 1. The zero-order chi connectivity index (χ0) is 23.0. The lowest BCUT2D eigenvalue weighted by Gasteiger charge is -2.15. The fraction of sp³-hybridized carbons (Fsp3) is 0.250. The number of esters is 1. The van der Waals surface area contributed by atoms with Crippen molar-refractivity contribution in [2.24, 2.45) is 0 Å². The molecule has 3 heterocycles. The molecule has 1 atom stereocenters. The number of fused-ring (bicyclic) bond motifs is 1. The summed E-state index contributed by atoms with van der Waals surface area (Å²) in [6.07, 6.45) is 2.79. The average molecular weight is 541 g/mol.